The first kappa shape index (κ1) is 11.7. The Kier molecular flexibility index (Phi) is 3.40. The zero-order chi connectivity index (χ0) is 11.7. The second kappa shape index (κ2) is 4.63. The summed E-state index contributed by atoms with van der Waals surface area (Å²) >= 11 is 3.53. The average Bonchev–Trinajstić information content (AvgIpc) is 3.11. The van der Waals surface area contributed by atoms with Crippen molar-refractivity contribution in [3.63, 3.8) is 0 Å². The molecule has 0 bridgehead atoms. The van der Waals surface area contributed by atoms with Crippen molar-refractivity contribution in [3.05, 3.63) is 22.2 Å². The zero-order valence-electron chi connectivity index (χ0n) is 9.50. The van der Waals surface area contributed by atoms with E-state index < -0.39 is 0 Å². The lowest BCUT2D eigenvalue weighted by atomic mass is 10.0. The number of hydrogen-bond donors (Lipinski definition) is 1. The Morgan fingerprint density at radius 3 is 2.31 bits per heavy atom. The van der Waals surface area contributed by atoms with Gasteiger partial charge in [-0.25, -0.2) is 0 Å². The first-order chi connectivity index (χ1) is 7.67. The molecule has 0 aromatic heterocycles. The summed E-state index contributed by atoms with van der Waals surface area (Å²) in [6.07, 6.45) is 2.45. The predicted molar refractivity (Wildman–Crippen MR) is 66.9 cm³/mol. The number of hydrogen-bond acceptors (Lipinski definition) is 3. The van der Waals surface area contributed by atoms with Crippen LogP contribution in [0.1, 0.15) is 24.4 Å². The number of methoxy groups -OCH3 is 2. The molecule has 88 valence electrons. The molecule has 0 amide bonds. The van der Waals surface area contributed by atoms with Crippen LogP contribution in [-0.4, -0.2) is 14.2 Å². The smallest absolute Gasteiger partial charge is 0.161 e. The molecule has 3 nitrogen and oxygen atoms in total. The Labute approximate surface area is 104 Å². The van der Waals surface area contributed by atoms with Gasteiger partial charge in [0.25, 0.3) is 0 Å². The van der Waals surface area contributed by atoms with Crippen molar-refractivity contribution in [2.75, 3.05) is 14.2 Å². The lowest BCUT2D eigenvalue weighted by Gasteiger charge is -2.16. The number of ether oxygens (including phenoxy) is 2. The topological polar surface area (TPSA) is 44.5 Å². The molecule has 1 fully saturated rings. The van der Waals surface area contributed by atoms with Crippen LogP contribution in [0.5, 0.6) is 11.5 Å². The Morgan fingerprint density at radius 1 is 1.25 bits per heavy atom. The van der Waals surface area contributed by atoms with Crippen LogP contribution in [0.4, 0.5) is 0 Å². The van der Waals surface area contributed by atoms with Crippen LogP contribution < -0.4 is 15.2 Å². The molecule has 0 heterocycles. The highest BCUT2D eigenvalue weighted by Gasteiger charge is 2.31. The van der Waals surface area contributed by atoms with E-state index in [-0.39, 0.29) is 6.04 Å². The molecule has 1 saturated carbocycles. The van der Waals surface area contributed by atoms with Gasteiger partial charge in [0.15, 0.2) is 11.5 Å². The average molecular weight is 286 g/mol. The molecular weight excluding hydrogens is 270 g/mol. The van der Waals surface area contributed by atoms with E-state index in [0.29, 0.717) is 5.92 Å². The maximum Gasteiger partial charge on any atom is 0.161 e. The van der Waals surface area contributed by atoms with Crippen LogP contribution >= 0.6 is 15.9 Å². The minimum absolute atomic E-state index is 0.0918. The van der Waals surface area contributed by atoms with Crippen molar-refractivity contribution in [1.29, 1.82) is 0 Å². The summed E-state index contributed by atoms with van der Waals surface area (Å²) in [5.74, 6) is 2.08. The fourth-order valence-corrected chi connectivity index (χ4v) is 2.42. The largest absolute Gasteiger partial charge is 0.493 e. The van der Waals surface area contributed by atoms with Gasteiger partial charge in [-0.05, 0) is 36.5 Å². The lowest BCUT2D eigenvalue weighted by Crippen LogP contribution is -2.13. The van der Waals surface area contributed by atoms with Crippen LogP contribution in [0.2, 0.25) is 0 Å². The number of nitrogens with two attached hydrogens (primary N) is 1. The highest BCUT2D eigenvalue weighted by atomic mass is 79.9. The normalized spacial score (nSPS) is 17.0. The summed E-state index contributed by atoms with van der Waals surface area (Å²) in [5.41, 5.74) is 7.29. The summed E-state index contributed by atoms with van der Waals surface area (Å²) in [6, 6.07) is 3.97. The molecule has 0 unspecified atom stereocenters. The Hall–Kier alpha value is -0.740. The van der Waals surface area contributed by atoms with E-state index in [1.54, 1.807) is 14.2 Å². The summed E-state index contributed by atoms with van der Waals surface area (Å²) < 4.78 is 11.5. The zero-order valence-corrected chi connectivity index (χ0v) is 11.1. The molecule has 16 heavy (non-hydrogen) atoms. The molecule has 0 aliphatic heterocycles. The first-order valence-electron chi connectivity index (χ1n) is 5.34. The predicted octanol–water partition coefficient (Wildman–Crippen LogP) is 2.88. The van der Waals surface area contributed by atoms with Gasteiger partial charge < -0.3 is 15.2 Å². The van der Waals surface area contributed by atoms with Gasteiger partial charge in [0, 0.05) is 10.5 Å². The van der Waals surface area contributed by atoms with Gasteiger partial charge in [-0.15, -0.1) is 0 Å². The van der Waals surface area contributed by atoms with Gasteiger partial charge in [-0.1, -0.05) is 15.9 Å². The van der Waals surface area contributed by atoms with E-state index in [9.17, 15) is 0 Å². The monoisotopic (exact) mass is 285 g/mol. The Balaban J connectivity index is 2.37. The molecule has 0 saturated heterocycles. The second-order valence-electron chi connectivity index (χ2n) is 4.09. The van der Waals surface area contributed by atoms with Crippen molar-refractivity contribution in [2.24, 2.45) is 11.7 Å². The third-order valence-electron chi connectivity index (χ3n) is 2.99. The maximum absolute atomic E-state index is 6.19. The third kappa shape index (κ3) is 2.18. The molecule has 2 N–H and O–H groups in total. The molecule has 0 radical (unpaired) electrons. The van der Waals surface area contributed by atoms with Gasteiger partial charge >= 0.3 is 0 Å². The van der Waals surface area contributed by atoms with Crippen molar-refractivity contribution in [1.82, 2.24) is 0 Å². The third-order valence-corrected chi connectivity index (χ3v) is 3.68. The first-order valence-corrected chi connectivity index (χ1v) is 6.13. The van der Waals surface area contributed by atoms with Gasteiger partial charge in [0.1, 0.15) is 0 Å². The van der Waals surface area contributed by atoms with Gasteiger partial charge in [0.2, 0.25) is 0 Å². The second-order valence-corrected chi connectivity index (χ2v) is 4.95. The molecule has 4 heteroatoms. The SMILES string of the molecule is COc1cc(Br)c([C@@H](N)C2CC2)cc1OC. The minimum atomic E-state index is 0.0918. The van der Waals surface area contributed by atoms with Crippen LogP contribution in [0.25, 0.3) is 0 Å². The summed E-state index contributed by atoms with van der Waals surface area (Å²) in [5, 5.41) is 0. The molecule has 1 aromatic carbocycles. The van der Waals surface area contributed by atoms with Crippen molar-refractivity contribution < 1.29 is 9.47 Å². The molecule has 1 aliphatic carbocycles. The molecular formula is C12H16BrNO2. The fourth-order valence-electron chi connectivity index (χ4n) is 1.83. The fraction of sp³-hybridized carbons (Fsp3) is 0.500. The molecule has 2 rings (SSSR count). The van der Waals surface area contributed by atoms with Crippen LogP contribution in [0.3, 0.4) is 0 Å². The molecule has 1 atom stereocenters. The molecule has 1 aliphatic rings. The quantitative estimate of drug-likeness (QED) is 0.925. The highest BCUT2D eigenvalue weighted by molar-refractivity contribution is 9.10. The van der Waals surface area contributed by atoms with E-state index >= 15 is 0 Å². The standard InChI is InChI=1S/C12H16BrNO2/c1-15-10-5-8(12(14)7-3-4-7)9(13)6-11(10)16-2/h5-7,12H,3-4,14H2,1-2H3/t12-/m0/s1. The summed E-state index contributed by atoms with van der Waals surface area (Å²) in [7, 11) is 3.27. The van der Waals surface area contributed by atoms with Crippen LogP contribution in [0.15, 0.2) is 16.6 Å². The van der Waals surface area contributed by atoms with Gasteiger partial charge in [-0.2, -0.15) is 0 Å². The minimum Gasteiger partial charge on any atom is -0.493 e. The Bertz CT molecular complexity index is 391. The number of rotatable bonds is 4. The van der Waals surface area contributed by atoms with Crippen LogP contribution in [-0.2, 0) is 0 Å². The highest BCUT2D eigenvalue weighted by Crippen LogP contribution is 2.44. The van der Waals surface area contributed by atoms with Crippen LogP contribution in [0, 0.1) is 5.92 Å². The van der Waals surface area contributed by atoms with E-state index in [1.165, 1.54) is 12.8 Å². The van der Waals surface area contributed by atoms with Crippen molar-refractivity contribution >= 4 is 15.9 Å². The van der Waals surface area contributed by atoms with Crippen molar-refractivity contribution in [2.45, 2.75) is 18.9 Å². The van der Waals surface area contributed by atoms with E-state index in [0.717, 1.165) is 21.5 Å². The summed E-state index contributed by atoms with van der Waals surface area (Å²) in [4.78, 5) is 0. The molecule has 0 spiro atoms. The number of benzene rings is 1. The lowest BCUT2D eigenvalue weighted by molar-refractivity contribution is 0.353. The van der Waals surface area contributed by atoms with E-state index in [4.69, 9.17) is 15.2 Å². The molecule has 1 aromatic rings. The van der Waals surface area contributed by atoms with Gasteiger partial charge in [0.05, 0.1) is 14.2 Å². The number of halogens is 1. The van der Waals surface area contributed by atoms with Crippen molar-refractivity contribution in [3.8, 4) is 11.5 Å². The van der Waals surface area contributed by atoms with E-state index in [1.807, 2.05) is 12.1 Å². The Morgan fingerprint density at radius 2 is 1.81 bits per heavy atom. The van der Waals surface area contributed by atoms with Gasteiger partial charge in [-0.3, -0.25) is 0 Å². The van der Waals surface area contributed by atoms with E-state index in [2.05, 4.69) is 15.9 Å². The summed E-state index contributed by atoms with van der Waals surface area (Å²) in [6.45, 7) is 0. The maximum atomic E-state index is 6.19.